The molecule has 0 aliphatic carbocycles. The zero-order valence-corrected chi connectivity index (χ0v) is 7.25. The summed E-state index contributed by atoms with van der Waals surface area (Å²) in [4.78, 5) is 31.6. The van der Waals surface area contributed by atoms with E-state index in [1.165, 1.54) is 13.8 Å². The lowest BCUT2D eigenvalue weighted by molar-refractivity contribution is -0.133. The van der Waals surface area contributed by atoms with Crippen LogP contribution in [0.25, 0.3) is 0 Å². The molecule has 0 saturated heterocycles. The molecular weight excluding hydrogens is 176 g/mol. The minimum Gasteiger partial charge on any atom is -0.478 e. The highest BCUT2D eigenvalue weighted by atomic mass is 16.4. The maximum atomic E-state index is 11.0. The molecule has 0 rings (SSSR count). The average molecular weight is 186 g/mol. The van der Waals surface area contributed by atoms with Crippen LogP contribution in [0, 0.1) is 0 Å². The second-order valence-corrected chi connectivity index (χ2v) is 2.37. The molecule has 0 radical (unpaired) electrons. The molecule has 0 saturated carbocycles. The first-order chi connectivity index (χ1) is 5.86. The van der Waals surface area contributed by atoms with Gasteiger partial charge in [0.15, 0.2) is 0 Å². The van der Waals surface area contributed by atoms with Crippen molar-refractivity contribution < 1.29 is 19.5 Å². The second-order valence-electron chi connectivity index (χ2n) is 2.37. The topological polar surface area (TPSA) is 109 Å². The van der Waals surface area contributed by atoms with Crippen LogP contribution in [0.4, 0.5) is 4.79 Å². The molecular formula is C7H10N2O4. The maximum absolute atomic E-state index is 11.0. The van der Waals surface area contributed by atoms with Gasteiger partial charge in [0, 0.05) is 11.1 Å². The Morgan fingerprint density at radius 2 is 1.62 bits per heavy atom. The molecule has 0 aromatic carbocycles. The fraction of sp³-hybridized carbons (Fsp3) is 0.286. The molecule has 72 valence electrons. The molecule has 0 spiro atoms. The number of nitrogens with two attached hydrogens (primary N) is 1. The molecule has 3 amide bonds. The molecule has 13 heavy (non-hydrogen) atoms. The number of amides is 3. The van der Waals surface area contributed by atoms with Gasteiger partial charge in [-0.25, -0.2) is 9.59 Å². The number of hydrogen-bond acceptors (Lipinski definition) is 3. The van der Waals surface area contributed by atoms with E-state index in [1.54, 1.807) is 5.32 Å². The van der Waals surface area contributed by atoms with Crippen LogP contribution in [0.15, 0.2) is 11.1 Å². The number of carbonyl (C=O) groups excluding carboxylic acids is 2. The van der Waals surface area contributed by atoms with Crippen molar-refractivity contribution in [1.29, 1.82) is 0 Å². The highest BCUT2D eigenvalue weighted by molar-refractivity contribution is 6.07. The predicted molar refractivity (Wildman–Crippen MR) is 43.7 cm³/mol. The number of carbonyl (C=O) groups is 3. The highest BCUT2D eigenvalue weighted by Crippen LogP contribution is 2.02. The van der Waals surface area contributed by atoms with Crippen LogP contribution in [0.3, 0.4) is 0 Å². The van der Waals surface area contributed by atoms with Gasteiger partial charge in [-0.15, -0.1) is 0 Å². The highest BCUT2D eigenvalue weighted by Gasteiger charge is 2.13. The zero-order valence-electron chi connectivity index (χ0n) is 7.25. The van der Waals surface area contributed by atoms with E-state index < -0.39 is 17.9 Å². The van der Waals surface area contributed by atoms with Crippen molar-refractivity contribution >= 4 is 17.9 Å². The van der Waals surface area contributed by atoms with Gasteiger partial charge < -0.3 is 10.8 Å². The van der Waals surface area contributed by atoms with Crippen molar-refractivity contribution in [3.8, 4) is 0 Å². The smallest absolute Gasteiger partial charge is 0.331 e. The summed E-state index contributed by atoms with van der Waals surface area (Å²) in [5, 5.41) is 10.2. The number of rotatable bonds is 2. The van der Waals surface area contributed by atoms with Gasteiger partial charge in [0.1, 0.15) is 0 Å². The van der Waals surface area contributed by atoms with E-state index in [2.05, 4.69) is 5.73 Å². The minimum absolute atomic E-state index is 0.0497. The van der Waals surface area contributed by atoms with Crippen LogP contribution in [-0.2, 0) is 9.59 Å². The van der Waals surface area contributed by atoms with Gasteiger partial charge in [0.25, 0.3) is 5.91 Å². The number of nitrogens with one attached hydrogen (secondary N) is 1. The standard InChI is InChI=1S/C7H10N2O4/c1-3(4(2)6(11)12)5(10)9-7(8)13/h1-2H3,(H,11,12)(H3,8,9,10,13)/b4-3+. The van der Waals surface area contributed by atoms with Crippen LogP contribution in [0.1, 0.15) is 13.8 Å². The van der Waals surface area contributed by atoms with Crippen molar-refractivity contribution in [2.45, 2.75) is 13.8 Å². The van der Waals surface area contributed by atoms with E-state index in [4.69, 9.17) is 5.11 Å². The first kappa shape index (κ1) is 11.2. The molecule has 6 nitrogen and oxygen atoms in total. The van der Waals surface area contributed by atoms with E-state index >= 15 is 0 Å². The van der Waals surface area contributed by atoms with Crippen molar-refractivity contribution in [3.63, 3.8) is 0 Å². The van der Waals surface area contributed by atoms with Gasteiger partial charge in [-0.3, -0.25) is 10.1 Å². The maximum Gasteiger partial charge on any atom is 0.331 e. The molecule has 0 aromatic rings. The SMILES string of the molecule is C/C(C(=O)O)=C(/C)C(=O)NC(N)=O. The minimum atomic E-state index is -1.21. The molecule has 0 aromatic heterocycles. The fourth-order valence-corrected chi connectivity index (χ4v) is 0.536. The van der Waals surface area contributed by atoms with Gasteiger partial charge >= 0.3 is 12.0 Å². The number of imide groups is 1. The van der Waals surface area contributed by atoms with Crippen LogP contribution in [-0.4, -0.2) is 23.0 Å². The van der Waals surface area contributed by atoms with Crippen LogP contribution in [0.2, 0.25) is 0 Å². The van der Waals surface area contributed by atoms with Crippen LogP contribution < -0.4 is 11.1 Å². The monoisotopic (exact) mass is 186 g/mol. The Labute approximate surface area is 74.4 Å². The molecule has 6 heteroatoms. The Morgan fingerprint density at radius 3 is 1.92 bits per heavy atom. The predicted octanol–water partition coefficient (Wildman–Crippen LogP) is -0.398. The number of carboxylic acid groups (broad SMARTS) is 1. The number of hydrogen-bond donors (Lipinski definition) is 3. The number of carboxylic acids is 1. The van der Waals surface area contributed by atoms with E-state index in [9.17, 15) is 14.4 Å². The van der Waals surface area contributed by atoms with Gasteiger partial charge in [0.2, 0.25) is 0 Å². The average Bonchev–Trinajstić information content (AvgIpc) is 2.00. The van der Waals surface area contributed by atoms with Crippen molar-refractivity contribution in [2.24, 2.45) is 5.73 Å². The Hall–Kier alpha value is -1.85. The Balaban J connectivity index is 4.68. The normalized spacial score (nSPS) is 11.5. The summed E-state index contributed by atoms with van der Waals surface area (Å²) in [6, 6.07) is -1.01. The van der Waals surface area contributed by atoms with Crippen molar-refractivity contribution in [2.75, 3.05) is 0 Å². The number of aliphatic carboxylic acids is 1. The molecule has 0 heterocycles. The summed E-state index contributed by atoms with van der Waals surface area (Å²) in [5.41, 5.74) is 4.49. The van der Waals surface area contributed by atoms with Crippen LogP contribution in [0.5, 0.6) is 0 Å². The lowest BCUT2D eigenvalue weighted by atomic mass is 10.1. The molecule has 0 fully saturated rings. The summed E-state index contributed by atoms with van der Waals surface area (Å²) < 4.78 is 0. The summed E-state index contributed by atoms with van der Waals surface area (Å²) in [6.45, 7) is 2.56. The van der Waals surface area contributed by atoms with Gasteiger partial charge in [0.05, 0.1) is 0 Å². The fourth-order valence-electron chi connectivity index (χ4n) is 0.536. The van der Waals surface area contributed by atoms with Crippen molar-refractivity contribution in [1.82, 2.24) is 5.32 Å². The largest absolute Gasteiger partial charge is 0.478 e. The van der Waals surface area contributed by atoms with Crippen molar-refractivity contribution in [3.05, 3.63) is 11.1 Å². The summed E-state index contributed by atoms with van der Waals surface area (Å²) in [7, 11) is 0. The first-order valence-corrected chi connectivity index (χ1v) is 3.37. The van der Waals surface area contributed by atoms with E-state index in [-0.39, 0.29) is 11.1 Å². The Kier molecular flexibility index (Phi) is 3.64. The second kappa shape index (κ2) is 4.24. The van der Waals surface area contributed by atoms with E-state index in [0.29, 0.717) is 0 Å². The summed E-state index contributed by atoms with van der Waals surface area (Å²) >= 11 is 0. The number of primary amides is 1. The molecule has 0 bridgehead atoms. The lowest BCUT2D eigenvalue weighted by Crippen LogP contribution is -2.36. The number of urea groups is 1. The van der Waals surface area contributed by atoms with Gasteiger partial charge in [-0.05, 0) is 13.8 Å². The quantitative estimate of drug-likeness (QED) is 0.509. The molecule has 0 unspecified atom stereocenters. The molecule has 0 atom stereocenters. The molecule has 0 aliphatic heterocycles. The summed E-state index contributed by atoms with van der Waals surface area (Å²) in [6.07, 6.45) is 0. The zero-order chi connectivity index (χ0) is 10.6. The molecule has 4 N–H and O–H groups in total. The third-order valence-electron chi connectivity index (χ3n) is 1.46. The van der Waals surface area contributed by atoms with Gasteiger partial charge in [-0.1, -0.05) is 0 Å². The Bertz CT molecular complexity index is 293. The van der Waals surface area contributed by atoms with E-state index in [1.807, 2.05) is 0 Å². The first-order valence-electron chi connectivity index (χ1n) is 3.37. The third-order valence-corrected chi connectivity index (χ3v) is 1.46. The van der Waals surface area contributed by atoms with E-state index in [0.717, 1.165) is 0 Å². The third kappa shape index (κ3) is 3.37. The van der Waals surface area contributed by atoms with Gasteiger partial charge in [-0.2, -0.15) is 0 Å². The summed E-state index contributed by atoms with van der Waals surface area (Å²) in [5.74, 6) is -2.01. The lowest BCUT2D eigenvalue weighted by Gasteiger charge is -2.02. The molecule has 0 aliphatic rings. The van der Waals surface area contributed by atoms with Crippen LogP contribution >= 0.6 is 0 Å². The Morgan fingerprint density at radius 1 is 1.15 bits per heavy atom.